The Morgan fingerprint density at radius 3 is 2.30 bits per heavy atom. The van der Waals surface area contributed by atoms with Crippen molar-refractivity contribution in [1.82, 2.24) is 9.78 Å². The second kappa shape index (κ2) is 10.8. The van der Waals surface area contributed by atoms with E-state index >= 15 is 0 Å². The number of aromatic nitrogens is 2. The minimum absolute atomic E-state index is 0.0869. The van der Waals surface area contributed by atoms with E-state index in [-0.39, 0.29) is 27.0 Å². The maximum atomic E-state index is 13.2. The number of nitrogens with zero attached hydrogens (tertiary/aromatic N) is 3. The molecule has 1 aliphatic carbocycles. The highest BCUT2D eigenvalue weighted by molar-refractivity contribution is 7.92. The molecule has 0 radical (unpaired) electrons. The van der Waals surface area contributed by atoms with Gasteiger partial charge in [0.15, 0.2) is 0 Å². The molecule has 200 valence electrons. The highest BCUT2D eigenvalue weighted by Crippen LogP contribution is 2.33. The summed E-state index contributed by atoms with van der Waals surface area (Å²) >= 11 is 1.44. The first-order valence-corrected chi connectivity index (χ1v) is 15.4. The summed E-state index contributed by atoms with van der Waals surface area (Å²) in [5, 5.41) is 10.5. The maximum absolute atomic E-state index is 13.2. The van der Waals surface area contributed by atoms with E-state index in [0.29, 0.717) is 16.6 Å². The summed E-state index contributed by atoms with van der Waals surface area (Å²) in [7, 11) is -3.66. The minimum Gasteiger partial charge on any atom is -0.495 e. The molecule has 0 aliphatic heterocycles. The molecule has 4 rings (SSSR count). The number of primary sulfonamides is 1. The molecule has 2 aromatic carbocycles. The molecule has 0 saturated heterocycles. The van der Waals surface area contributed by atoms with Crippen molar-refractivity contribution >= 4 is 37.1 Å². The first kappa shape index (κ1) is 27.1. The molecule has 1 aliphatic rings. The van der Waals surface area contributed by atoms with Crippen LogP contribution >= 0.6 is 11.3 Å². The van der Waals surface area contributed by atoms with Crippen LogP contribution in [0.1, 0.15) is 32.1 Å². The van der Waals surface area contributed by atoms with Crippen LogP contribution in [-0.2, 0) is 27.1 Å². The first-order chi connectivity index (χ1) is 17.5. The number of sulfonamides is 2. The predicted molar refractivity (Wildman–Crippen MR) is 141 cm³/mol. The van der Waals surface area contributed by atoms with Crippen LogP contribution in [0.25, 0.3) is 10.6 Å². The number of nitrogens with one attached hydrogen (secondary N) is 1. The third-order valence-corrected chi connectivity index (χ3v) is 9.43. The summed E-state index contributed by atoms with van der Waals surface area (Å²) in [6.07, 6.45) is 5.79. The fraction of sp³-hybridized carbons (Fsp3) is 0.391. The summed E-state index contributed by atoms with van der Waals surface area (Å²) in [5.41, 5.74) is 0.789. The molecule has 11 nitrogen and oxygen atoms in total. The molecule has 0 amide bonds. The smallest absolute Gasteiger partial charge is 0.265 e. The predicted octanol–water partition coefficient (Wildman–Crippen LogP) is 2.85. The highest BCUT2D eigenvalue weighted by atomic mass is 32.2. The summed E-state index contributed by atoms with van der Waals surface area (Å²) < 4.78 is 64.4. The summed E-state index contributed by atoms with van der Waals surface area (Å²) in [6, 6.07) is 8.71. The summed E-state index contributed by atoms with van der Waals surface area (Å²) in [4.78, 5) is 5.33. The van der Waals surface area contributed by atoms with Gasteiger partial charge in [-0.3, -0.25) is 9.71 Å². The molecule has 1 saturated carbocycles. The average molecular weight is 568 g/mol. The highest BCUT2D eigenvalue weighted by Gasteiger charge is 2.23. The Balaban J connectivity index is 1.63. The molecule has 0 bridgehead atoms. The number of nitrogens with two attached hydrogens (primary N) is 1. The van der Waals surface area contributed by atoms with Crippen molar-refractivity contribution in [3.63, 3.8) is 0 Å². The van der Waals surface area contributed by atoms with Crippen molar-refractivity contribution in [2.45, 2.75) is 47.9 Å². The van der Waals surface area contributed by atoms with Gasteiger partial charge in [-0.25, -0.2) is 26.7 Å². The normalized spacial score (nSPS) is 15.5. The van der Waals surface area contributed by atoms with Crippen molar-refractivity contribution in [3.8, 4) is 22.1 Å². The second-order valence-corrected chi connectivity index (χ2v) is 12.8. The van der Waals surface area contributed by atoms with E-state index in [4.69, 9.17) is 19.6 Å². The monoisotopic (exact) mass is 567 g/mol. The van der Waals surface area contributed by atoms with Crippen molar-refractivity contribution in [1.29, 1.82) is 0 Å². The van der Waals surface area contributed by atoms with Gasteiger partial charge < -0.3 is 9.47 Å². The van der Waals surface area contributed by atoms with E-state index in [0.717, 1.165) is 17.6 Å². The summed E-state index contributed by atoms with van der Waals surface area (Å²) in [5.74, 6) is 0.0397. The number of methoxy groups -OCH3 is 2. The van der Waals surface area contributed by atoms with Crippen molar-refractivity contribution in [3.05, 3.63) is 41.2 Å². The minimum atomic E-state index is -4.10. The lowest BCUT2D eigenvalue weighted by Crippen LogP contribution is -2.18. The van der Waals surface area contributed by atoms with Gasteiger partial charge in [0.25, 0.3) is 10.0 Å². The zero-order chi connectivity index (χ0) is 26.8. The van der Waals surface area contributed by atoms with Crippen molar-refractivity contribution < 1.29 is 26.3 Å². The Morgan fingerprint density at radius 1 is 1.00 bits per heavy atom. The molecule has 1 fully saturated rings. The topological polar surface area (TPSA) is 155 Å². The molecule has 3 N–H and O–H groups in total. The maximum Gasteiger partial charge on any atom is 0.265 e. The lowest BCUT2D eigenvalue weighted by atomic mass is 9.96. The number of ether oxygens (including phenoxy) is 2. The number of rotatable bonds is 8. The molecule has 3 aromatic rings. The van der Waals surface area contributed by atoms with Crippen molar-refractivity contribution in [2.24, 2.45) is 17.2 Å². The molecule has 0 unspecified atom stereocenters. The second-order valence-electron chi connectivity index (χ2n) is 8.62. The fourth-order valence-electron chi connectivity index (χ4n) is 4.14. The van der Waals surface area contributed by atoms with Crippen LogP contribution in [0.15, 0.2) is 51.2 Å². The Hall–Kier alpha value is -2.94. The van der Waals surface area contributed by atoms with E-state index in [2.05, 4.69) is 9.82 Å². The van der Waals surface area contributed by atoms with E-state index in [9.17, 15) is 16.8 Å². The van der Waals surface area contributed by atoms with Gasteiger partial charge in [0.1, 0.15) is 26.3 Å². The van der Waals surface area contributed by atoms with Crippen LogP contribution in [0.3, 0.4) is 0 Å². The van der Waals surface area contributed by atoms with E-state index in [1.807, 2.05) is 7.05 Å². The number of aryl methyl sites for hydroxylation is 1. The van der Waals surface area contributed by atoms with Crippen LogP contribution in [0.2, 0.25) is 0 Å². The Kier molecular flexibility index (Phi) is 7.92. The number of hydrogen-bond acceptors (Lipinski definition) is 9. The first-order valence-electron chi connectivity index (χ1n) is 11.5. The Morgan fingerprint density at radius 2 is 1.65 bits per heavy atom. The van der Waals surface area contributed by atoms with Gasteiger partial charge in [-0.05, 0) is 37.1 Å². The molecule has 37 heavy (non-hydrogen) atoms. The van der Waals surface area contributed by atoms with Crippen molar-refractivity contribution in [2.75, 3.05) is 18.9 Å². The van der Waals surface area contributed by atoms with Gasteiger partial charge in [-0.15, -0.1) is 0 Å². The third kappa shape index (κ3) is 6.14. The quantitative estimate of drug-likeness (QED) is 0.424. The SMILES string of the molecule is COc1cc(NS(=O)(=O)c2ccc(-c3nn(C)c(=NC4CCCCC4)s3)cc2OC)ccc1S(N)(=O)=O. The van der Waals surface area contributed by atoms with Gasteiger partial charge >= 0.3 is 0 Å². The molecule has 14 heteroatoms. The largest absolute Gasteiger partial charge is 0.495 e. The van der Waals surface area contributed by atoms with Crippen LogP contribution in [0.5, 0.6) is 11.5 Å². The Bertz CT molecular complexity index is 1570. The van der Waals surface area contributed by atoms with E-state index in [1.54, 1.807) is 16.8 Å². The van der Waals surface area contributed by atoms with Gasteiger partial charge in [-0.1, -0.05) is 36.7 Å². The third-order valence-electron chi connectivity index (χ3n) is 6.00. The average Bonchev–Trinajstić information content (AvgIpc) is 3.23. The van der Waals surface area contributed by atoms with Gasteiger partial charge in [0, 0.05) is 18.7 Å². The van der Waals surface area contributed by atoms with E-state index < -0.39 is 20.0 Å². The zero-order valence-electron chi connectivity index (χ0n) is 20.7. The van der Waals surface area contributed by atoms with Gasteiger partial charge in [0.05, 0.1) is 25.9 Å². The molecule has 1 aromatic heterocycles. The van der Waals surface area contributed by atoms with E-state index in [1.165, 1.54) is 69.1 Å². The fourth-order valence-corrected chi connectivity index (χ4v) is 6.98. The molecular weight excluding hydrogens is 538 g/mol. The Labute approximate surface area is 220 Å². The lowest BCUT2D eigenvalue weighted by Gasteiger charge is -2.16. The van der Waals surface area contributed by atoms with Crippen LogP contribution in [0.4, 0.5) is 5.69 Å². The zero-order valence-corrected chi connectivity index (χ0v) is 23.1. The molecule has 0 atom stereocenters. The summed E-state index contributed by atoms with van der Waals surface area (Å²) in [6.45, 7) is 0. The number of anilines is 1. The van der Waals surface area contributed by atoms with Crippen LogP contribution in [0, 0.1) is 0 Å². The van der Waals surface area contributed by atoms with Crippen LogP contribution < -0.4 is 24.1 Å². The number of benzene rings is 2. The molecule has 1 heterocycles. The molecular formula is C23H29N5O6S3. The molecule has 0 spiro atoms. The van der Waals surface area contributed by atoms with Gasteiger partial charge in [-0.2, -0.15) is 5.10 Å². The van der Waals surface area contributed by atoms with Crippen LogP contribution in [-0.4, -0.2) is 46.9 Å². The standard InChI is InChI=1S/C23H29N5O6S3/c1-28-23(25-16-7-5-4-6-8-16)35-22(26-28)15-9-11-21(18(13-15)33-2)37(31,32)27-17-10-12-20(36(24,29)30)19(14-17)34-3/h9-14,16,27H,4-8H2,1-3H3,(H2,24,29,30). The lowest BCUT2D eigenvalue weighted by molar-refractivity contribution is 0.403. The number of hydrogen-bond donors (Lipinski definition) is 2. The van der Waals surface area contributed by atoms with Gasteiger partial charge in [0.2, 0.25) is 14.8 Å².